The van der Waals surface area contributed by atoms with Crippen molar-refractivity contribution < 1.29 is 13.2 Å². The standard InChI is InChI=1S/C19H26F3N5O/c1-4-6-14(26-10-9-23-12(3)11-26)17-25-16-13(18(28)27(17)5-2)7-8-15(24-16)19(20,21)22/h7-8,12,14,23H,4-6,9-11H2,1-3H3/t12-,14+/m0/s1. The molecule has 6 nitrogen and oxygen atoms in total. The average Bonchev–Trinajstić information content (AvgIpc) is 2.65. The van der Waals surface area contributed by atoms with Gasteiger partial charge in [0.25, 0.3) is 5.56 Å². The Balaban J connectivity index is 2.17. The van der Waals surface area contributed by atoms with Gasteiger partial charge in [-0.15, -0.1) is 0 Å². The Labute approximate surface area is 161 Å². The molecule has 0 amide bonds. The Morgan fingerprint density at radius 3 is 2.64 bits per heavy atom. The number of hydrogen-bond acceptors (Lipinski definition) is 5. The fourth-order valence-electron chi connectivity index (χ4n) is 3.83. The topological polar surface area (TPSA) is 63.1 Å². The van der Waals surface area contributed by atoms with Crippen LogP contribution < -0.4 is 10.9 Å². The van der Waals surface area contributed by atoms with E-state index in [9.17, 15) is 18.0 Å². The van der Waals surface area contributed by atoms with E-state index in [4.69, 9.17) is 0 Å². The molecule has 1 aliphatic heterocycles. The first-order valence-electron chi connectivity index (χ1n) is 9.72. The Morgan fingerprint density at radius 2 is 2.04 bits per heavy atom. The van der Waals surface area contributed by atoms with Gasteiger partial charge >= 0.3 is 6.18 Å². The van der Waals surface area contributed by atoms with Crippen molar-refractivity contribution in [3.63, 3.8) is 0 Å². The van der Waals surface area contributed by atoms with Crippen molar-refractivity contribution in [1.29, 1.82) is 0 Å². The number of piperazine rings is 1. The first-order chi connectivity index (χ1) is 13.3. The number of nitrogens with zero attached hydrogens (tertiary/aromatic N) is 4. The van der Waals surface area contributed by atoms with Crippen LogP contribution >= 0.6 is 0 Å². The van der Waals surface area contributed by atoms with Crippen LogP contribution in [0.3, 0.4) is 0 Å². The maximum absolute atomic E-state index is 13.1. The predicted octanol–water partition coefficient (Wildman–Crippen LogP) is 2.97. The van der Waals surface area contributed by atoms with Crippen LogP contribution in [0.2, 0.25) is 0 Å². The zero-order chi connectivity index (χ0) is 20.5. The van der Waals surface area contributed by atoms with Gasteiger partial charge < -0.3 is 5.32 Å². The molecule has 28 heavy (non-hydrogen) atoms. The Morgan fingerprint density at radius 1 is 1.29 bits per heavy atom. The largest absolute Gasteiger partial charge is 0.433 e. The highest BCUT2D eigenvalue weighted by molar-refractivity contribution is 5.73. The number of nitrogens with one attached hydrogen (secondary N) is 1. The van der Waals surface area contributed by atoms with Gasteiger partial charge in [-0.1, -0.05) is 13.3 Å². The van der Waals surface area contributed by atoms with Crippen LogP contribution in [0.1, 0.15) is 51.2 Å². The van der Waals surface area contributed by atoms with E-state index in [1.54, 1.807) is 4.57 Å². The molecule has 3 heterocycles. The molecule has 0 radical (unpaired) electrons. The quantitative estimate of drug-likeness (QED) is 0.841. The third-order valence-corrected chi connectivity index (χ3v) is 5.16. The molecule has 3 rings (SSSR count). The van der Waals surface area contributed by atoms with Gasteiger partial charge in [-0.3, -0.25) is 14.3 Å². The lowest BCUT2D eigenvalue weighted by atomic mass is 10.1. The number of fused-ring (bicyclic) bond motifs is 1. The third-order valence-electron chi connectivity index (χ3n) is 5.16. The summed E-state index contributed by atoms with van der Waals surface area (Å²) in [5.74, 6) is 0.503. The molecule has 1 N–H and O–H groups in total. The number of pyridine rings is 1. The summed E-state index contributed by atoms with van der Waals surface area (Å²) < 4.78 is 40.8. The summed E-state index contributed by atoms with van der Waals surface area (Å²) in [6, 6.07) is 2.18. The molecule has 1 fully saturated rings. The summed E-state index contributed by atoms with van der Waals surface area (Å²) in [5, 5.41) is 3.50. The molecule has 2 aromatic heterocycles. The molecule has 0 saturated carbocycles. The van der Waals surface area contributed by atoms with E-state index in [0.29, 0.717) is 18.4 Å². The summed E-state index contributed by atoms with van der Waals surface area (Å²) in [6.45, 7) is 8.79. The van der Waals surface area contributed by atoms with Crippen LogP contribution in [-0.4, -0.2) is 45.1 Å². The second-order valence-corrected chi connectivity index (χ2v) is 7.24. The summed E-state index contributed by atoms with van der Waals surface area (Å²) in [7, 11) is 0. The number of halogens is 3. The lowest BCUT2D eigenvalue weighted by Gasteiger charge is -2.38. The van der Waals surface area contributed by atoms with Crippen LogP contribution in [0.5, 0.6) is 0 Å². The van der Waals surface area contributed by atoms with Crippen LogP contribution in [0.25, 0.3) is 11.0 Å². The summed E-state index contributed by atoms with van der Waals surface area (Å²) >= 11 is 0. The van der Waals surface area contributed by atoms with Crippen molar-refractivity contribution in [1.82, 2.24) is 24.8 Å². The minimum Gasteiger partial charge on any atom is -0.312 e. The normalized spacial score (nSPS) is 19.9. The van der Waals surface area contributed by atoms with E-state index >= 15 is 0 Å². The van der Waals surface area contributed by atoms with Crippen molar-refractivity contribution in [3.05, 3.63) is 34.0 Å². The Bertz CT molecular complexity index is 895. The SMILES string of the molecule is CCC[C@H](c1nc2nc(C(F)(F)F)ccc2c(=O)n1CC)N1CCN[C@@H](C)C1. The molecule has 0 bridgehead atoms. The Kier molecular flexibility index (Phi) is 6.04. The maximum Gasteiger partial charge on any atom is 0.433 e. The molecular weight excluding hydrogens is 371 g/mol. The highest BCUT2D eigenvalue weighted by Gasteiger charge is 2.34. The second-order valence-electron chi connectivity index (χ2n) is 7.24. The first kappa shape index (κ1) is 20.7. The average molecular weight is 397 g/mol. The molecule has 0 unspecified atom stereocenters. The third kappa shape index (κ3) is 4.05. The molecule has 1 aliphatic rings. The second kappa shape index (κ2) is 8.16. The number of rotatable bonds is 5. The molecule has 2 aromatic rings. The van der Waals surface area contributed by atoms with E-state index < -0.39 is 11.9 Å². The van der Waals surface area contributed by atoms with Crippen LogP contribution in [0, 0.1) is 0 Å². The fraction of sp³-hybridized carbons (Fsp3) is 0.632. The molecular formula is C19H26F3N5O. The summed E-state index contributed by atoms with van der Waals surface area (Å²) in [5.41, 5.74) is -1.51. The Hall–Kier alpha value is -2.00. The number of alkyl halides is 3. The van der Waals surface area contributed by atoms with Gasteiger partial charge in [0, 0.05) is 32.2 Å². The van der Waals surface area contributed by atoms with Crippen LogP contribution in [0.15, 0.2) is 16.9 Å². The highest BCUT2D eigenvalue weighted by Crippen LogP contribution is 2.29. The van der Waals surface area contributed by atoms with E-state index in [1.807, 2.05) is 13.8 Å². The zero-order valence-electron chi connectivity index (χ0n) is 16.4. The van der Waals surface area contributed by atoms with Crippen LogP contribution in [-0.2, 0) is 12.7 Å². The first-order valence-corrected chi connectivity index (χ1v) is 9.72. The molecule has 0 aliphatic carbocycles. The zero-order valence-corrected chi connectivity index (χ0v) is 16.4. The minimum absolute atomic E-state index is 0.113. The summed E-state index contributed by atoms with van der Waals surface area (Å²) in [4.78, 5) is 23.4. The lowest BCUT2D eigenvalue weighted by molar-refractivity contribution is -0.141. The van der Waals surface area contributed by atoms with Gasteiger partial charge in [-0.2, -0.15) is 13.2 Å². The lowest BCUT2D eigenvalue weighted by Crippen LogP contribution is -2.51. The number of aromatic nitrogens is 3. The smallest absolute Gasteiger partial charge is 0.312 e. The van der Waals surface area contributed by atoms with Crippen molar-refractivity contribution in [2.75, 3.05) is 19.6 Å². The highest BCUT2D eigenvalue weighted by atomic mass is 19.4. The van der Waals surface area contributed by atoms with Gasteiger partial charge in [0.15, 0.2) is 5.65 Å². The van der Waals surface area contributed by atoms with E-state index in [1.165, 1.54) is 6.07 Å². The van der Waals surface area contributed by atoms with Gasteiger partial charge in [0.2, 0.25) is 0 Å². The van der Waals surface area contributed by atoms with Crippen molar-refractivity contribution in [2.45, 2.75) is 58.4 Å². The molecule has 1 saturated heterocycles. The maximum atomic E-state index is 13.1. The van der Waals surface area contributed by atoms with E-state index in [0.717, 1.165) is 38.5 Å². The van der Waals surface area contributed by atoms with E-state index in [2.05, 4.69) is 27.1 Å². The minimum atomic E-state index is -4.58. The van der Waals surface area contributed by atoms with Gasteiger partial charge in [-0.05, 0) is 32.4 Å². The van der Waals surface area contributed by atoms with Gasteiger partial charge in [0.05, 0.1) is 11.4 Å². The molecule has 9 heteroatoms. The van der Waals surface area contributed by atoms with Gasteiger partial charge in [-0.25, -0.2) is 9.97 Å². The van der Waals surface area contributed by atoms with Crippen molar-refractivity contribution in [2.24, 2.45) is 0 Å². The van der Waals surface area contributed by atoms with Gasteiger partial charge in [0.1, 0.15) is 11.5 Å². The molecule has 154 valence electrons. The molecule has 0 spiro atoms. The predicted molar refractivity (Wildman–Crippen MR) is 101 cm³/mol. The van der Waals surface area contributed by atoms with Crippen molar-refractivity contribution in [3.8, 4) is 0 Å². The molecule has 2 atom stereocenters. The number of hydrogen-bond donors (Lipinski definition) is 1. The summed E-state index contributed by atoms with van der Waals surface area (Å²) in [6.07, 6.45) is -2.94. The van der Waals surface area contributed by atoms with Crippen molar-refractivity contribution >= 4 is 11.0 Å². The molecule has 0 aromatic carbocycles. The monoisotopic (exact) mass is 397 g/mol. The fourth-order valence-corrected chi connectivity index (χ4v) is 3.83. The van der Waals surface area contributed by atoms with Crippen LogP contribution in [0.4, 0.5) is 13.2 Å². The van der Waals surface area contributed by atoms with E-state index in [-0.39, 0.29) is 22.6 Å².